The van der Waals surface area contributed by atoms with E-state index in [4.69, 9.17) is 32.9 Å². The van der Waals surface area contributed by atoms with Gasteiger partial charge in [0, 0.05) is 18.2 Å². The van der Waals surface area contributed by atoms with Gasteiger partial charge in [-0.2, -0.15) is 0 Å². The first-order valence-electron chi connectivity index (χ1n) is 9.58. The molecule has 6 heteroatoms. The average Bonchev–Trinajstić information content (AvgIpc) is 3.11. The standard InChI is InChI=1S/C25H18Cl2N2O2/c1-2-15-29-22-14-8-7-13-21(22)28-24(29)16-23(17-9-3-5-11-19(17)26)31-25(30)18-10-4-6-12-20(18)27/h2-14,16H,1,15H2. The normalized spacial score (nSPS) is 11.5. The molecule has 0 spiro atoms. The molecule has 0 unspecified atom stereocenters. The number of para-hydroxylation sites is 2. The summed E-state index contributed by atoms with van der Waals surface area (Å²) in [6.45, 7) is 4.38. The number of benzene rings is 3. The minimum Gasteiger partial charge on any atom is -0.422 e. The lowest BCUT2D eigenvalue weighted by atomic mass is 10.1. The van der Waals surface area contributed by atoms with E-state index in [2.05, 4.69) is 6.58 Å². The first kappa shape index (κ1) is 20.9. The number of esters is 1. The molecule has 0 fully saturated rings. The number of ether oxygens (including phenoxy) is 1. The number of hydrogen-bond acceptors (Lipinski definition) is 3. The maximum Gasteiger partial charge on any atom is 0.345 e. The number of imidazole rings is 1. The van der Waals surface area contributed by atoms with Gasteiger partial charge in [0.15, 0.2) is 0 Å². The highest BCUT2D eigenvalue weighted by Crippen LogP contribution is 2.29. The Hall–Kier alpha value is -3.34. The van der Waals surface area contributed by atoms with Crippen molar-refractivity contribution in [1.29, 1.82) is 0 Å². The van der Waals surface area contributed by atoms with E-state index in [0.717, 1.165) is 11.0 Å². The third kappa shape index (κ3) is 4.41. The second kappa shape index (κ2) is 9.21. The largest absolute Gasteiger partial charge is 0.422 e. The number of allylic oxidation sites excluding steroid dienone is 1. The highest BCUT2D eigenvalue weighted by atomic mass is 35.5. The van der Waals surface area contributed by atoms with Crippen LogP contribution in [0.3, 0.4) is 0 Å². The maximum absolute atomic E-state index is 12.9. The highest BCUT2D eigenvalue weighted by molar-refractivity contribution is 6.34. The summed E-state index contributed by atoms with van der Waals surface area (Å²) >= 11 is 12.6. The summed E-state index contributed by atoms with van der Waals surface area (Å²) < 4.78 is 7.78. The Bertz CT molecular complexity index is 1310. The Kier molecular flexibility index (Phi) is 6.21. The van der Waals surface area contributed by atoms with Crippen molar-refractivity contribution in [1.82, 2.24) is 9.55 Å². The van der Waals surface area contributed by atoms with Gasteiger partial charge in [0.2, 0.25) is 0 Å². The molecule has 0 aliphatic heterocycles. The van der Waals surface area contributed by atoms with Crippen molar-refractivity contribution in [3.8, 4) is 0 Å². The van der Waals surface area contributed by atoms with E-state index in [-0.39, 0.29) is 11.3 Å². The minimum atomic E-state index is -0.580. The molecule has 1 aromatic heterocycles. The summed E-state index contributed by atoms with van der Waals surface area (Å²) in [4.78, 5) is 17.6. The van der Waals surface area contributed by atoms with Crippen molar-refractivity contribution in [3.63, 3.8) is 0 Å². The number of carbonyl (C=O) groups is 1. The van der Waals surface area contributed by atoms with Crippen LogP contribution in [0.25, 0.3) is 22.9 Å². The van der Waals surface area contributed by atoms with Crippen LogP contribution in [0.2, 0.25) is 10.0 Å². The fourth-order valence-electron chi connectivity index (χ4n) is 3.25. The molecule has 0 bridgehead atoms. The van der Waals surface area contributed by atoms with Crippen LogP contribution in [0.15, 0.2) is 85.5 Å². The molecule has 0 amide bonds. The van der Waals surface area contributed by atoms with Gasteiger partial charge in [0.25, 0.3) is 0 Å². The topological polar surface area (TPSA) is 44.1 Å². The number of carbonyl (C=O) groups excluding carboxylic acids is 1. The van der Waals surface area contributed by atoms with Crippen molar-refractivity contribution < 1.29 is 9.53 Å². The summed E-state index contributed by atoms with van der Waals surface area (Å²) in [5.74, 6) is 0.308. The molecular formula is C25H18Cl2N2O2. The monoisotopic (exact) mass is 448 g/mol. The van der Waals surface area contributed by atoms with Gasteiger partial charge in [-0.05, 0) is 36.4 Å². The van der Waals surface area contributed by atoms with Gasteiger partial charge < -0.3 is 9.30 Å². The molecule has 0 radical (unpaired) electrons. The van der Waals surface area contributed by atoms with Crippen LogP contribution in [0.5, 0.6) is 0 Å². The van der Waals surface area contributed by atoms with Crippen LogP contribution >= 0.6 is 23.2 Å². The Morgan fingerprint density at radius 3 is 2.23 bits per heavy atom. The van der Waals surface area contributed by atoms with E-state index in [9.17, 15) is 4.79 Å². The average molecular weight is 449 g/mol. The van der Waals surface area contributed by atoms with Gasteiger partial charge in [0.05, 0.1) is 26.6 Å². The fraction of sp³-hybridized carbons (Fsp3) is 0.0400. The van der Waals surface area contributed by atoms with Crippen LogP contribution in [0, 0.1) is 0 Å². The van der Waals surface area contributed by atoms with Crippen molar-refractivity contribution in [2.45, 2.75) is 6.54 Å². The molecule has 1 heterocycles. The first-order valence-corrected chi connectivity index (χ1v) is 10.3. The molecule has 4 rings (SSSR count). The van der Waals surface area contributed by atoms with E-state index in [0.29, 0.717) is 28.0 Å². The quantitative estimate of drug-likeness (QED) is 0.183. The molecular weight excluding hydrogens is 431 g/mol. The van der Waals surface area contributed by atoms with Crippen LogP contribution in [0.1, 0.15) is 21.7 Å². The summed E-state index contributed by atoms with van der Waals surface area (Å²) in [6.07, 6.45) is 3.50. The molecule has 0 saturated carbocycles. The second-order valence-electron chi connectivity index (χ2n) is 6.72. The number of fused-ring (bicyclic) bond motifs is 1. The molecule has 0 saturated heterocycles. The van der Waals surface area contributed by atoms with Crippen LogP contribution in [-0.4, -0.2) is 15.5 Å². The number of halogens is 2. The lowest BCUT2D eigenvalue weighted by molar-refractivity contribution is 0.0694. The van der Waals surface area contributed by atoms with E-state index in [1.54, 1.807) is 48.6 Å². The predicted molar refractivity (Wildman–Crippen MR) is 126 cm³/mol. The molecule has 0 aliphatic carbocycles. The van der Waals surface area contributed by atoms with E-state index in [1.165, 1.54) is 0 Å². The summed E-state index contributed by atoms with van der Waals surface area (Å²) in [7, 11) is 0. The molecule has 3 aromatic carbocycles. The Morgan fingerprint density at radius 2 is 1.55 bits per heavy atom. The number of nitrogens with zero attached hydrogens (tertiary/aromatic N) is 2. The summed E-state index contributed by atoms with van der Waals surface area (Å²) in [6, 6.07) is 21.7. The van der Waals surface area contributed by atoms with Crippen LogP contribution < -0.4 is 0 Å². The zero-order valence-electron chi connectivity index (χ0n) is 16.5. The number of rotatable bonds is 6. The highest BCUT2D eigenvalue weighted by Gasteiger charge is 2.18. The zero-order valence-corrected chi connectivity index (χ0v) is 18.0. The molecule has 4 nitrogen and oxygen atoms in total. The summed E-state index contributed by atoms with van der Waals surface area (Å²) in [5, 5.41) is 0.761. The SMILES string of the molecule is C=CCn1c(C=C(OC(=O)c2ccccc2Cl)c2ccccc2Cl)nc2ccccc21. The van der Waals surface area contributed by atoms with Crippen LogP contribution in [-0.2, 0) is 11.3 Å². The van der Waals surface area contributed by atoms with Crippen molar-refractivity contribution in [3.05, 3.63) is 112 Å². The zero-order chi connectivity index (χ0) is 21.8. The molecule has 0 atom stereocenters. The molecule has 0 aliphatic rings. The Labute approximate surface area is 190 Å². The van der Waals surface area contributed by atoms with Crippen molar-refractivity contribution >= 4 is 52.0 Å². The van der Waals surface area contributed by atoms with E-state index < -0.39 is 5.97 Å². The third-order valence-electron chi connectivity index (χ3n) is 4.69. The van der Waals surface area contributed by atoms with E-state index >= 15 is 0 Å². The first-order chi connectivity index (χ1) is 15.1. The molecule has 31 heavy (non-hydrogen) atoms. The maximum atomic E-state index is 12.9. The van der Waals surface area contributed by atoms with Crippen molar-refractivity contribution in [2.24, 2.45) is 0 Å². The lowest BCUT2D eigenvalue weighted by Crippen LogP contribution is -2.07. The number of aromatic nitrogens is 2. The lowest BCUT2D eigenvalue weighted by Gasteiger charge is -2.12. The van der Waals surface area contributed by atoms with Crippen LogP contribution in [0.4, 0.5) is 0 Å². The predicted octanol–water partition coefficient (Wildman–Crippen LogP) is 6.88. The van der Waals surface area contributed by atoms with E-state index in [1.807, 2.05) is 41.0 Å². The molecule has 0 N–H and O–H groups in total. The fourth-order valence-corrected chi connectivity index (χ4v) is 3.69. The van der Waals surface area contributed by atoms with Gasteiger partial charge >= 0.3 is 5.97 Å². The number of hydrogen-bond donors (Lipinski definition) is 0. The minimum absolute atomic E-state index is 0.265. The van der Waals surface area contributed by atoms with Gasteiger partial charge in [-0.1, -0.05) is 65.7 Å². The Morgan fingerprint density at radius 1 is 0.935 bits per heavy atom. The van der Waals surface area contributed by atoms with Gasteiger partial charge in [-0.3, -0.25) is 0 Å². The van der Waals surface area contributed by atoms with Gasteiger partial charge in [0.1, 0.15) is 11.6 Å². The van der Waals surface area contributed by atoms with Gasteiger partial charge in [-0.15, -0.1) is 6.58 Å². The second-order valence-corrected chi connectivity index (χ2v) is 7.53. The Balaban J connectivity index is 1.85. The molecule has 4 aromatic rings. The van der Waals surface area contributed by atoms with Gasteiger partial charge in [-0.25, -0.2) is 9.78 Å². The van der Waals surface area contributed by atoms with Crippen molar-refractivity contribution in [2.75, 3.05) is 0 Å². The smallest absolute Gasteiger partial charge is 0.345 e. The summed E-state index contributed by atoms with van der Waals surface area (Å²) in [5.41, 5.74) is 2.61. The molecule has 154 valence electrons. The third-order valence-corrected chi connectivity index (χ3v) is 5.35.